The number of ether oxygens (including phenoxy) is 1. The van der Waals surface area contributed by atoms with Gasteiger partial charge in [-0.05, 0) is 52.9 Å². The number of halogens is 1. The van der Waals surface area contributed by atoms with E-state index in [1.165, 1.54) is 33.6 Å². The van der Waals surface area contributed by atoms with Crippen LogP contribution in [0.25, 0.3) is 0 Å². The van der Waals surface area contributed by atoms with Gasteiger partial charge in [-0.2, -0.15) is 4.31 Å². The highest BCUT2D eigenvalue weighted by molar-refractivity contribution is 7.89. The average molecular weight is 467 g/mol. The summed E-state index contributed by atoms with van der Waals surface area (Å²) in [5.74, 6) is 0.704. The second-order valence-electron chi connectivity index (χ2n) is 8.86. The number of sulfonamides is 1. The lowest BCUT2D eigenvalue weighted by Crippen LogP contribution is -2.35. The summed E-state index contributed by atoms with van der Waals surface area (Å²) in [6.07, 6.45) is 0. The number of fused-ring (bicyclic) bond motifs is 3. The normalized spacial score (nSPS) is 21.3. The molecule has 3 aromatic carbocycles. The summed E-state index contributed by atoms with van der Waals surface area (Å²) in [5.41, 5.74) is 3.44. The molecule has 1 saturated heterocycles. The molecule has 0 N–H and O–H groups in total. The first kappa shape index (κ1) is 22.1. The van der Waals surface area contributed by atoms with Crippen molar-refractivity contribution in [3.05, 3.63) is 95.3 Å². The van der Waals surface area contributed by atoms with Crippen LogP contribution in [0, 0.1) is 11.7 Å². The van der Waals surface area contributed by atoms with E-state index in [1.54, 1.807) is 7.11 Å². The van der Waals surface area contributed by atoms with E-state index in [9.17, 15) is 12.8 Å². The lowest BCUT2D eigenvalue weighted by Gasteiger charge is -2.24. The van der Waals surface area contributed by atoms with Gasteiger partial charge in [0.2, 0.25) is 10.0 Å². The fourth-order valence-corrected chi connectivity index (χ4v) is 6.64. The summed E-state index contributed by atoms with van der Waals surface area (Å²) in [6, 6.07) is 21.5. The number of hydrogen-bond donors (Lipinski definition) is 0. The minimum Gasteiger partial charge on any atom is -0.497 e. The molecule has 0 amide bonds. The molecule has 1 fully saturated rings. The van der Waals surface area contributed by atoms with Gasteiger partial charge in [-0.25, -0.2) is 12.8 Å². The van der Waals surface area contributed by atoms with Crippen molar-refractivity contribution in [2.24, 2.45) is 5.92 Å². The standard InChI is InChI=1S/C26H27FN2O3S/c1-32-23-11-9-19(10-12-23)14-28-15-21-17-29(33(30,31)24-7-4-6-22(27)13-24)16-20-5-2-3-8-25(20)26(21)18-28/h2-13,21,26H,14-18H2,1H3/t21-,26+/m1/s1. The Labute approximate surface area is 194 Å². The van der Waals surface area contributed by atoms with Crippen molar-refractivity contribution in [2.45, 2.75) is 23.9 Å². The molecule has 0 bridgehead atoms. The van der Waals surface area contributed by atoms with Crippen LogP contribution < -0.4 is 4.74 Å². The summed E-state index contributed by atoms with van der Waals surface area (Å²) >= 11 is 0. The monoisotopic (exact) mass is 466 g/mol. The predicted molar refractivity (Wildman–Crippen MR) is 125 cm³/mol. The van der Waals surface area contributed by atoms with Gasteiger partial charge in [-0.1, -0.05) is 42.5 Å². The summed E-state index contributed by atoms with van der Waals surface area (Å²) < 4.78 is 47.5. The topological polar surface area (TPSA) is 49.9 Å². The van der Waals surface area contributed by atoms with Crippen molar-refractivity contribution >= 4 is 10.0 Å². The van der Waals surface area contributed by atoms with Crippen LogP contribution in [-0.2, 0) is 23.1 Å². The Kier molecular flexibility index (Phi) is 5.95. The van der Waals surface area contributed by atoms with E-state index in [4.69, 9.17) is 4.74 Å². The van der Waals surface area contributed by atoms with Crippen LogP contribution in [0.2, 0.25) is 0 Å². The first-order valence-corrected chi connectivity index (χ1v) is 12.6. The highest BCUT2D eigenvalue weighted by Crippen LogP contribution is 2.40. The van der Waals surface area contributed by atoms with Crippen LogP contribution in [0.4, 0.5) is 4.39 Å². The number of benzene rings is 3. The van der Waals surface area contributed by atoms with E-state index < -0.39 is 15.8 Å². The van der Waals surface area contributed by atoms with Crippen molar-refractivity contribution in [1.82, 2.24) is 9.21 Å². The van der Waals surface area contributed by atoms with Gasteiger partial charge in [-0.3, -0.25) is 4.90 Å². The Morgan fingerprint density at radius 3 is 2.52 bits per heavy atom. The third kappa shape index (κ3) is 4.40. The zero-order valence-corrected chi connectivity index (χ0v) is 19.3. The van der Waals surface area contributed by atoms with Crippen molar-refractivity contribution in [1.29, 1.82) is 0 Å². The number of nitrogens with zero attached hydrogens (tertiary/aromatic N) is 2. The van der Waals surface area contributed by atoms with Crippen molar-refractivity contribution in [3.8, 4) is 5.75 Å². The lowest BCUT2D eigenvalue weighted by molar-refractivity contribution is 0.293. The number of hydrogen-bond acceptors (Lipinski definition) is 4. The van der Waals surface area contributed by atoms with Crippen LogP contribution in [0.5, 0.6) is 5.75 Å². The summed E-state index contributed by atoms with van der Waals surface area (Å²) in [7, 11) is -2.16. The van der Waals surface area contributed by atoms with Gasteiger partial charge in [0.1, 0.15) is 11.6 Å². The van der Waals surface area contributed by atoms with Gasteiger partial charge < -0.3 is 4.74 Å². The molecule has 2 aliphatic rings. The molecule has 172 valence electrons. The second kappa shape index (κ2) is 8.89. The summed E-state index contributed by atoms with van der Waals surface area (Å²) in [4.78, 5) is 2.40. The van der Waals surface area contributed by atoms with Crippen LogP contribution in [0.3, 0.4) is 0 Å². The Hall–Kier alpha value is -2.74. The van der Waals surface area contributed by atoms with E-state index in [0.717, 1.165) is 37.0 Å². The first-order chi connectivity index (χ1) is 15.9. The van der Waals surface area contributed by atoms with E-state index in [1.807, 2.05) is 30.3 Å². The molecule has 33 heavy (non-hydrogen) atoms. The van der Waals surface area contributed by atoms with Gasteiger partial charge in [-0.15, -0.1) is 0 Å². The molecule has 5 nitrogen and oxygen atoms in total. The summed E-state index contributed by atoms with van der Waals surface area (Å²) in [5, 5.41) is 0. The maximum absolute atomic E-state index is 13.8. The van der Waals surface area contributed by atoms with Gasteiger partial charge in [0.25, 0.3) is 0 Å². The molecule has 0 aromatic heterocycles. The molecule has 0 aliphatic carbocycles. The van der Waals surface area contributed by atoms with Crippen molar-refractivity contribution in [2.75, 3.05) is 26.7 Å². The van der Waals surface area contributed by atoms with Crippen LogP contribution in [-0.4, -0.2) is 44.4 Å². The molecule has 3 aromatic rings. The van der Waals surface area contributed by atoms with Gasteiger partial charge >= 0.3 is 0 Å². The van der Waals surface area contributed by atoms with E-state index in [-0.39, 0.29) is 16.7 Å². The molecule has 0 saturated carbocycles. The zero-order chi connectivity index (χ0) is 23.0. The van der Waals surface area contributed by atoms with E-state index in [2.05, 4.69) is 23.1 Å². The lowest BCUT2D eigenvalue weighted by atomic mass is 9.87. The molecule has 0 radical (unpaired) electrons. The fourth-order valence-electron chi connectivity index (χ4n) is 5.13. The number of methoxy groups -OCH3 is 1. The Morgan fingerprint density at radius 2 is 1.76 bits per heavy atom. The Morgan fingerprint density at radius 1 is 0.970 bits per heavy atom. The molecule has 2 heterocycles. The minimum absolute atomic E-state index is 0.00603. The third-order valence-corrected chi connectivity index (χ3v) is 8.56. The molecular weight excluding hydrogens is 439 g/mol. The molecule has 0 spiro atoms. The van der Waals surface area contributed by atoms with Crippen LogP contribution in [0.1, 0.15) is 22.6 Å². The van der Waals surface area contributed by atoms with E-state index in [0.29, 0.717) is 13.1 Å². The molecule has 5 rings (SSSR count). The average Bonchev–Trinajstić information content (AvgIpc) is 3.14. The van der Waals surface area contributed by atoms with Crippen molar-refractivity contribution < 1.29 is 17.5 Å². The number of likely N-dealkylation sites (tertiary alicyclic amines) is 1. The van der Waals surface area contributed by atoms with Crippen molar-refractivity contribution in [3.63, 3.8) is 0 Å². The van der Waals surface area contributed by atoms with Gasteiger partial charge in [0.05, 0.1) is 12.0 Å². The highest BCUT2D eigenvalue weighted by atomic mass is 32.2. The second-order valence-corrected chi connectivity index (χ2v) is 10.8. The zero-order valence-electron chi connectivity index (χ0n) is 18.5. The van der Waals surface area contributed by atoms with Crippen LogP contribution in [0.15, 0.2) is 77.7 Å². The quantitative estimate of drug-likeness (QED) is 0.564. The van der Waals surface area contributed by atoms with Crippen LogP contribution >= 0.6 is 0 Å². The molecule has 0 unspecified atom stereocenters. The highest BCUT2D eigenvalue weighted by Gasteiger charge is 2.41. The van der Waals surface area contributed by atoms with Gasteiger partial charge in [0, 0.05) is 38.6 Å². The maximum atomic E-state index is 13.8. The molecule has 7 heteroatoms. The smallest absolute Gasteiger partial charge is 0.243 e. The fraction of sp³-hybridized carbons (Fsp3) is 0.308. The molecule has 2 aliphatic heterocycles. The SMILES string of the molecule is COc1ccc(CN2C[C@@H]3CN(S(=O)(=O)c4cccc(F)c4)Cc4ccccc4[C@H]3C2)cc1. The Balaban J connectivity index is 1.43. The largest absolute Gasteiger partial charge is 0.497 e. The Bertz CT molecular complexity index is 1250. The molecule has 2 atom stereocenters. The summed E-state index contributed by atoms with van der Waals surface area (Å²) in [6.45, 7) is 3.20. The first-order valence-electron chi connectivity index (χ1n) is 11.1. The van der Waals surface area contributed by atoms with Gasteiger partial charge in [0.15, 0.2) is 0 Å². The maximum Gasteiger partial charge on any atom is 0.243 e. The number of rotatable bonds is 5. The molecular formula is C26H27FN2O3S. The predicted octanol–water partition coefficient (Wildman–Crippen LogP) is 4.25. The minimum atomic E-state index is -3.81. The third-order valence-electron chi connectivity index (χ3n) is 6.76. The van der Waals surface area contributed by atoms with E-state index >= 15 is 0 Å².